The minimum absolute atomic E-state index is 0.0478. The van der Waals surface area contributed by atoms with Gasteiger partial charge in [-0.05, 0) is 42.7 Å². The van der Waals surface area contributed by atoms with Crippen molar-refractivity contribution in [3.63, 3.8) is 0 Å². The monoisotopic (exact) mass is 454 g/mol. The molecule has 1 aliphatic heterocycles. The van der Waals surface area contributed by atoms with Gasteiger partial charge in [0.25, 0.3) is 5.91 Å². The molecule has 2 aromatic carbocycles. The molecule has 7 heteroatoms. The number of rotatable bonds is 5. The van der Waals surface area contributed by atoms with Gasteiger partial charge in [-0.2, -0.15) is 0 Å². The van der Waals surface area contributed by atoms with Gasteiger partial charge in [-0.3, -0.25) is 19.4 Å². The molecular weight excluding hydrogens is 428 g/mol. The van der Waals surface area contributed by atoms with Gasteiger partial charge in [0, 0.05) is 12.2 Å². The van der Waals surface area contributed by atoms with Crippen molar-refractivity contribution in [2.24, 2.45) is 5.92 Å². The Hall–Kier alpha value is -4.00. The normalized spacial score (nSPS) is 19.2. The third-order valence-corrected chi connectivity index (χ3v) is 6.58. The maximum Gasteiger partial charge on any atom is 0.270 e. The highest BCUT2D eigenvalue weighted by Crippen LogP contribution is 2.43. The van der Waals surface area contributed by atoms with Crippen LogP contribution in [0.1, 0.15) is 35.3 Å². The van der Waals surface area contributed by atoms with Gasteiger partial charge in [-0.25, -0.2) is 0 Å². The Morgan fingerprint density at radius 3 is 2.41 bits per heavy atom. The summed E-state index contributed by atoms with van der Waals surface area (Å²) in [6, 6.07) is 22.3. The lowest BCUT2D eigenvalue weighted by molar-refractivity contribution is -0.123. The average molecular weight is 455 g/mol. The Morgan fingerprint density at radius 2 is 1.65 bits per heavy atom. The number of carbonyl (C=O) groups is 3. The van der Waals surface area contributed by atoms with Crippen LogP contribution in [0.3, 0.4) is 0 Å². The van der Waals surface area contributed by atoms with Gasteiger partial charge < -0.3 is 15.1 Å². The fourth-order valence-corrected chi connectivity index (χ4v) is 5.01. The molecule has 2 atom stereocenters. The molecule has 34 heavy (non-hydrogen) atoms. The lowest BCUT2D eigenvalue weighted by Gasteiger charge is -2.30. The first kappa shape index (κ1) is 21.8. The first-order chi connectivity index (χ1) is 16.6. The van der Waals surface area contributed by atoms with Crippen molar-refractivity contribution in [1.29, 1.82) is 0 Å². The van der Waals surface area contributed by atoms with Gasteiger partial charge in [0.05, 0.1) is 30.4 Å². The third-order valence-electron chi connectivity index (χ3n) is 6.58. The van der Waals surface area contributed by atoms with Crippen LogP contribution in [0.25, 0.3) is 0 Å². The predicted octanol–water partition coefficient (Wildman–Crippen LogP) is 3.56. The van der Waals surface area contributed by atoms with Crippen molar-refractivity contribution < 1.29 is 14.4 Å². The van der Waals surface area contributed by atoms with Crippen LogP contribution in [0.5, 0.6) is 0 Å². The van der Waals surface area contributed by atoms with Crippen molar-refractivity contribution in [3.05, 3.63) is 90.3 Å². The summed E-state index contributed by atoms with van der Waals surface area (Å²) in [4.78, 5) is 47.3. The largest absolute Gasteiger partial charge is 0.342 e. The predicted molar refractivity (Wildman–Crippen MR) is 129 cm³/mol. The van der Waals surface area contributed by atoms with E-state index in [4.69, 9.17) is 0 Å². The van der Waals surface area contributed by atoms with Crippen LogP contribution in [0.15, 0.2) is 79.0 Å². The number of aromatic nitrogens is 1. The summed E-state index contributed by atoms with van der Waals surface area (Å²) in [5.41, 5.74) is 2.71. The van der Waals surface area contributed by atoms with Crippen molar-refractivity contribution >= 4 is 29.1 Å². The van der Waals surface area contributed by atoms with Crippen LogP contribution in [-0.2, 0) is 16.1 Å². The molecule has 0 spiro atoms. The lowest BCUT2D eigenvalue weighted by Crippen LogP contribution is -2.48. The molecule has 7 nitrogen and oxygen atoms in total. The highest BCUT2D eigenvalue weighted by Gasteiger charge is 2.45. The Balaban J connectivity index is 1.46. The molecule has 1 N–H and O–H groups in total. The number of hydrogen-bond donors (Lipinski definition) is 1. The third kappa shape index (κ3) is 4.17. The van der Waals surface area contributed by atoms with Crippen LogP contribution in [0, 0.1) is 5.92 Å². The second-order valence-corrected chi connectivity index (χ2v) is 8.66. The number of carbonyl (C=O) groups excluding carboxylic acids is 3. The van der Waals surface area contributed by atoms with E-state index in [2.05, 4.69) is 10.3 Å². The van der Waals surface area contributed by atoms with Gasteiger partial charge in [0.1, 0.15) is 5.69 Å². The Labute approximate surface area is 198 Å². The summed E-state index contributed by atoms with van der Waals surface area (Å²) >= 11 is 0. The molecule has 3 amide bonds. The minimum atomic E-state index is -0.401. The van der Waals surface area contributed by atoms with Gasteiger partial charge in [-0.1, -0.05) is 55.0 Å². The minimum Gasteiger partial charge on any atom is -0.342 e. The Bertz CT molecular complexity index is 1200. The number of nitrogens with one attached hydrogen (secondary N) is 1. The van der Waals surface area contributed by atoms with Crippen molar-refractivity contribution in [2.45, 2.75) is 31.8 Å². The van der Waals surface area contributed by atoms with Gasteiger partial charge in [0.15, 0.2) is 0 Å². The summed E-state index contributed by atoms with van der Waals surface area (Å²) in [6.07, 6.45) is 3.92. The first-order valence-electron chi connectivity index (χ1n) is 11.6. The Morgan fingerprint density at radius 1 is 0.912 bits per heavy atom. The molecule has 172 valence electrons. The van der Waals surface area contributed by atoms with Gasteiger partial charge in [-0.15, -0.1) is 0 Å². The zero-order valence-corrected chi connectivity index (χ0v) is 18.8. The maximum absolute atomic E-state index is 13.7. The lowest BCUT2D eigenvalue weighted by atomic mass is 10.0. The van der Waals surface area contributed by atoms with Gasteiger partial charge in [0.2, 0.25) is 11.8 Å². The van der Waals surface area contributed by atoms with Gasteiger partial charge >= 0.3 is 0 Å². The quantitative estimate of drug-likeness (QED) is 0.639. The van der Waals surface area contributed by atoms with Crippen LogP contribution < -0.4 is 15.1 Å². The van der Waals surface area contributed by atoms with E-state index in [9.17, 15) is 14.4 Å². The zero-order valence-electron chi connectivity index (χ0n) is 18.8. The van der Waals surface area contributed by atoms with E-state index in [1.54, 1.807) is 23.1 Å². The molecule has 3 aromatic rings. The molecule has 1 aromatic heterocycles. The zero-order chi connectivity index (χ0) is 23.5. The summed E-state index contributed by atoms with van der Waals surface area (Å²) in [5, 5.41) is 2.70. The summed E-state index contributed by atoms with van der Waals surface area (Å²) in [7, 11) is 0. The molecule has 0 bridgehead atoms. The van der Waals surface area contributed by atoms with Crippen LogP contribution in [-0.4, -0.2) is 35.3 Å². The number of para-hydroxylation sites is 2. The van der Waals surface area contributed by atoms with E-state index in [0.29, 0.717) is 12.2 Å². The van der Waals surface area contributed by atoms with Crippen molar-refractivity contribution in [1.82, 2.24) is 10.3 Å². The van der Waals surface area contributed by atoms with E-state index in [1.807, 2.05) is 59.5 Å². The molecule has 1 aliphatic carbocycles. The van der Waals surface area contributed by atoms with Crippen LogP contribution in [0.2, 0.25) is 0 Å². The molecule has 0 unspecified atom stereocenters. The summed E-state index contributed by atoms with van der Waals surface area (Å²) in [6.45, 7) is 0.276. The number of hydrogen-bond acceptors (Lipinski definition) is 4. The molecule has 2 heterocycles. The number of benzene rings is 2. The highest BCUT2D eigenvalue weighted by atomic mass is 16.2. The van der Waals surface area contributed by atoms with Crippen molar-refractivity contribution in [3.8, 4) is 0 Å². The molecule has 1 fully saturated rings. The number of anilines is 2. The van der Waals surface area contributed by atoms with E-state index in [1.165, 1.54) is 6.20 Å². The highest BCUT2D eigenvalue weighted by molar-refractivity contribution is 6.08. The van der Waals surface area contributed by atoms with E-state index in [-0.39, 0.29) is 36.0 Å². The molecule has 0 saturated heterocycles. The number of nitrogens with zero attached hydrogens (tertiary/aromatic N) is 3. The molecule has 1 saturated carbocycles. The SMILES string of the molecule is O=C(NCC(=O)N1c2ccccc2N(Cc2ccccc2)C(=O)[C@H]2CCC[C@H]21)c1ccccn1. The maximum atomic E-state index is 13.7. The summed E-state index contributed by atoms with van der Waals surface area (Å²) in [5.74, 6) is -0.858. The van der Waals surface area contributed by atoms with E-state index >= 15 is 0 Å². The number of fused-ring (bicyclic) bond motifs is 2. The first-order valence-corrected chi connectivity index (χ1v) is 11.6. The molecule has 5 rings (SSSR count). The van der Waals surface area contributed by atoms with E-state index < -0.39 is 5.91 Å². The smallest absolute Gasteiger partial charge is 0.270 e. The molecular formula is C27H26N4O3. The number of amides is 3. The standard InChI is InChI=1S/C27H26N4O3/c32-25(17-29-26(33)21-12-6-7-16-28-21)31-22-15-8-11-20(22)27(34)30(18-19-9-2-1-3-10-19)23-13-4-5-14-24(23)31/h1-7,9-10,12-14,16,20,22H,8,11,15,17-18H2,(H,29,33)/t20-,22+/m0/s1. The Kier molecular flexibility index (Phi) is 6.08. The fourth-order valence-electron chi connectivity index (χ4n) is 5.01. The van der Waals surface area contributed by atoms with Crippen LogP contribution >= 0.6 is 0 Å². The topological polar surface area (TPSA) is 82.6 Å². The molecule has 0 radical (unpaired) electrons. The fraction of sp³-hybridized carbons (Fsp3) is 0.259. The molecule has 2 aliphatic rings. The second-order valence-electron chi connectivity index (χ2n) is 8.66. The second kappa shape index (κ2) is 9.47. The van der Waals surface area contributed by atoms with Crippen LogP contribution in [0.4, 0.5) is 11.4 Å². The number of pyridine rings is 1. The van der Waals surface area contributed by atoms with Crippen molar-refractivity contribution in [2.75, 3.05) is 16.3 Å². The summed E-state index contributed by atoms with van der Waals surface area (Å²) < 4.78 is 0. The van der Waals surface area contributed by atoms with E-state index in [0.717, 1.165) is 30.5 Å². The average Bonchev–Trinajstić information content (AvgIpc) is 3.33.